The molecule has 0 atom stereocenters. The summed E-state index contributed by atoms with van der Waals surface area (Å²) in [5.74, 6) is 1.03. The second-order valence-corrected chi connectivity index (χ2v) is 4.77. The number of nitrogens with zero attached hydrogens (tertiary/aromatic N) is 1. The zero-order chi connectivity index (χ0) is 13.9. The first-order valence-corrected chi connectivity index (χ1v) is 6.34. The van der Waals surface area contributed by atoms with Gasteiger partial charge >= 0.3 is 0 Å². The molecule has 1 saturated heterocycles. The number of carbonyl (C=O) groups is 1. The van der Waals surface area contributed by atoms with E-state index in [0.29, 0.717) is 31.0 Å². The lowest BCUT2D eigenvalue weighted by molar-refractivity contribution is -0.157. The highest BCUT2D eigenvalue weighted by molar-refractivity contribution is 5.79. The van der Waals surface area contributed by atoms with Crippen molar-refractivity contribution in [3.05, 3.63) is 24.3 Å². The van der Waals surface area contributed by atoms with Gasteiger partial charge in [0.25, 0.3) is 5.91 Å². The van der Waals surface area contributed by atoms with E-state index < -0.39 is 5.60 Å². The van der Waals surface area contributed by atoms with Crippen LogP contribution in [0.3, 0.4) is 0 Å². The molecule has 1 aromatic rings. The molecule has 0 unspecified atom stereocenters. The molecule has 1 aliphatic heterocycles. The standard InChI is InChI=1S/C14H19NO4/c1-3-14(17)9-15(10-14)13(16)8-19-12-7-5-4-6-11(12)18-2/h4-7,17H,3,8-10H2,1-2H3. The van der Waals surface area contributed by atoms with E-state index in [2.05, 4.69) is 0 Å². The Balaban J connectivity index is 1.85. The van der Waals surface area contributed by atoms with Gasteiger partial charge in [0, 0.05) is 0 Å². The summed E-state index contributed by atoms with van der Waals surface area (Å²) in [5.41, 5.74) is -0.708. The van der Waals surface area contributed by atoms with Crippen LogP contribution in [0.1, 0.15) is 13.3 Å². The first kappa shape index (κ1) is 13.7. The minimum absolute atomic E-state index is 0.0415. The highest BCUT2D eigenvalue weighted by Gasteiger charge is 2.41. The molecule has 1 aliphatic rings. The van der Waals surface area contributed by atoms with Crippen molar-refractivity contribution in [2.75, 3.05) is 26.8 Å². The summed E-state index contributed by atoms with van der Waals surface area (Å²) in [6, 6.07) is 7.19. The summed E-state index contributed by atoms with van der Waals surface area (Å²) in [6.45, 7) is 2.64. The number of amides is 1. The zero-order valence-corrected chi connectivity index (χ0v) is 11.3. The van der Waals surface area contributed by atoms with Crippen LogP contribution < -0.4 is 9.47 Å². The molecule has 1 N–H and O–H groups in total. The van der Waals surface area contributed by atoms with Gasteiger partial charge in [-0.3, -0.25) is 4.79 Å². The van der Waals surface area contributed by atoms with Gasteiger partial charge in [0.1, 0.15) is 0 Å². The van der Waals surface area contributed by atoms with Gasteiger partial charge < -0.3 is 19.5 Å². The lowest BCUT2D eigenvalue weighted by atomic mass is 9.91. The van der Waals surface area contributed by atoms with Crippen LogP contribution in [0, 0.1) is 0 Å². The van der Waals surface area contributed by atoms with Gasteiger partial charge in [-0.25, -0.2) is 0 Å². The maximum atomic E-state index is 11.9. The Hall–Kier alpha value is -1.75. The average Bonchev–Trinajstić information content (AvgIpc) is 2.41. The number of hydrogen-bond acceptors (Lipinski definition) is 4. The van der Waals surface area contributed by atoms with Crippen molar-refractivity contribution < 1.29 is 19.4 Å². The van der Waals surface area contributed by atoms with E-state index in [1.807, 2.05) is 19.1 Å². The molecule has 5 heteroatoms. The van der Waals surface area contributed by atoms with Gasteiger partial charge in [0.2, 0.25) is 0 Å². The number of aliphatic hydroxyl groups is 1. The Morgan fingerprint density at radius 3 is 2.58 bits per heavy atom. The van der Waals surface area contributed by atoms with E-state index in [0.717, 1.165) is 0 Å². The van der Waals surface area contributed by atoms with Crippen LogP contribution in [0.4, 0.5) is 0 Å². The van der Waals surface area contributed by atoms with Crippen LogP contribution in [-0.2, 0) is 4.79 Å². The Bertz CT molecular complexity index is 455. The maximum Gasteiger partial charge on any atom is 0.260 e. The molecule has 104 valence electrons. The minimum Gasteiger partial charge on any atom is -0.493 e. The first-order valence-electron chi connectivity index (χ1n) is 6.34. The number of carbonyl (C=O) groups excluding carboxylic acids is 1. The number of ether oxygens (including phenoxy) is 2. The number of methoxy groups -OCH3 is 1. The van der Waals surface area contributed by atoms with Crippen molar-refractivity contribution in [3.63, 3.8) is 0 Å². The average molecular weight is 265 g/mol. The number of para-hydroxylation sites is 2. The summed E-state index contributed by atoms with van der Waals surface area (Å²) in [5, 5.41) is 9.85. The Kier molecular flexibility index (Phi) is 3.95. The van der Waals surface area contributed by atoms with E-state index in [1.165, 1.54) is 0 Å². The smallest absolute Gasteiger partial charge is 0.260 e. The van der Waals surface area contributed by atoms with Gasteiger partial charge in [-0.2, -0.15) is 0 Å². The second-order valence-electron chi connectivity index (χ2n) is 4.77. The predicted octanol–water partition coefficient (Wildman–Crippen LogP) is 1.06. The molecule has 0 spiro atoms. The topological polar surface area (TPSA) is 59.0 Å². The molecule has 1 heterocycles. The zero-order valence-electron chi connectivity index (χ0n) is 11.3. The number of rotatable bonds is 5. The van der Waals surface area contributed by atoms with Crippen LogP contribution in [0.25, 0.3) is 0 Å². The van der Waals surface area contributed by atoms with Crippen LogP contribution in [0.2, 0.25) is 0 Å². The maximum absolute atomic E-state index is 11.9. The molecular weight excluding hydrogens is 246 g/mol. The third-order valence-corrected chi connectivity index (χ3v) is 3.40. The molecule has 0 radical (unpaired) electrons. The van der Waals surface area contributed by atoms with Crippen LogP contribution >= 0.6 is 0 Å². The number of β-amino-alcohol motifs (C(OH)–C–C–N with tert-alkyl or cyclic N) is 1. The van der Waals surface area contributed by atoms with Crippen molar-refractivity contribution in [2.24, 2.45) is 0 Å². The molecule has 5 nitrogen and oxygen atoms in total. The van der Waals surface area contributed by atoms with Crippen molar-refractivity contribution in [1.29, 1.82) is 0 Å². The highest BCUT2D eigenvalue weighted by atomic mass is 16.5. The Morgan fingerprint density at radius 2 is 2.00 bits per heavy atom. The van der Waals surface area contributed by atoms with Gasteiger partial charge in [0.05, 0.1) is 25.8 Å². The molecule has 1 fully saturated rings. The van der Waals surface area contributed by atoms with Crippen LogP contribution in [0.5, 0.6) is 11.5 Å². The summed E-state index contributed by atoms with van der Waals surface area (Å²) >= 11 is 0. The number of hydrogen-bond donors (Lipinski definition) is 1. The fraction of sp³-hybridized carbons (Fsp3) is 0.500. The van der Waals surface area contributed by atoms with Crippen molar-refractivity contribution in [2.45, 2.75) is 18.9 Å². The monoisotopic (exact) mass is 265 g/mol. The van der Waals surface area contributed by atoms with Crippen molar-refractivity contribution in [1.82, 2.24) is 4.90 Å². The minimum atomic E-state index is -0.708. The van der Waals surface area contributed by atoms with E-state index in [-0.39, 0.29) is 12.5 Å². The lowest BCUT2D eigenvalue weighted by Gasteiger charge is -2.45. The third kappa shape index (κ3) is 2.98. The second kappa shape index (κ2) is 5.48. The van der Waals surface area contributed by atoms with Crippen molar-refractivity contribution >= 4 is 5.91 Å². The van der Waals surface area contributed by atoms with E-state index in [9.17, 15) is 9.90 Å². The van der Waals surface area contributed by atoms with Crippen LogP contribution in [0.15, 0.2) is 24.3 Å². The summed E-state index contributed by atoms with van der Waals surface area (Å²) in [6.07, 6.45) is 0.657. The van der Waals surface area contributed by atoms with Crippen molar-refractivity contribution in [3.8, 4) is 11.5 Å². The Morgan fingerprint density at radius 1 is 1.37 bits per heavy atom. The highest BCUT2D eigenvalue weighted by Crippen LogP contribution is 2.27. The molecule has 1 amide bonds. The first-order chi connectivity index (χ1) is 9.08. The SMILES string of the molecule is CCC1(O)CN(C(=O)COc2ccccc2OC)C1. The summed E-state index contributed by atoms with van der Waals surface area (Å²) in [7, 11) is 1.56. The third-order valence-electron chi connectivity index (χ3n) is 3.40. The van der Waals surface area contributed by atoms with Crippen LogP contribution in [-0.4, -0.2) is 48.3 Å². The molecule has 0 saturated carbocycles. The number of likely N-dealkylation sites (tertiary alicyclic amines) is 1. The van der Waals surface area contributed by atoms with E-state index >= 15 is 0 Å². The normalized spacial score (nSPS) is 16.7. The summed E-state index contributed by atoms with van der Waals surface area (Å²) < 4.78 is 10.6. The molecule has 0 aliphatic carbocycles. The van der Waals surface area contributed by atoms with E-state index in [4.69, 9.17) is 9.47 Å². The molecule has 1 aromatic carbocycles. The molecule has 19 heavy (non-hydrogen) atoms. The predicted molar refractivity (Wildman–Crippen MR) is 70.3 cm³/mol. The quantitative estimate of drug-likeness (QED) is 0.864. The van der Waals surface area contributed by atoms with Gasteiger partial charge in [-0.05, 0) is 18.6 Å². The molecular formula is C14H19NO4. The molecule has 0 aromatic heterocycles. The van der Waals surface area contributed by atoms with Gasteiger partial charge in [-0.1, -0.05) is 19.1 Å². The van der Waals surface area contributed by atoms with E-state index in [1.54, 1.807) is 24.1 Å². The number of benzene rings is 1. The van der Waals surface area contributed by atoms with Gasteiger partial charge in [-0.15, -0.1) is 0 Å². The summed E-state index contributed by atoms with van der Waals surface area (Å²) in [4.78, 5) is 13.4. The fourth-order valence-electron chi connectivity index (χ4n) is 2.03. The van der Waals surface area contributed by atoms with Gasteiger partial charge in [0.15, 0.2) is 18.1 Å². The molecule has 0 bridgehead atoms. The Labute approximate surface area is 112 Å². The lowest BCUT2D eigenvalue weighted by Crippen LogP contribution is -2.63. The fourth-order valence-corrected chi connectivity index (χ4v) is 2.03. The largest absolute Gasteiger partial charge is 0.493 e. The molecule has 2 rings (SSSR count).